The maximum absolute atomic E-state index is 5.82. The minimum absolute atomic E-state index is 0.453. The number of hydrogen-bond acceptors (Lipinski definition) is 4. The molecule has 82 valence electrons. The number of hydrogen-bond donors (Lipinski definition) is 1. The number of rotatable bonds is 1. The zero-order chi connectivity index (χ0) is 10.4. The van der Waals surface area contributed by atoms with Crippen LogP contribution in [0.3, 0.4) is 0 Å². The van der Waals surface area contributed by atoms with Gasteiger partial charge < -0.3 is 9.30 Å². The van der Waals surface area contributed by atoms with E-state index >= 15 is 0 Å². The van der Waals surface area contributed by atoms with E-state index in [0.717, 1.165) is 18.7 Å². The van der Waals surface area contributed by atoms with Crippen molar-refractivity contribution in [3.63, 3.8) is 0 Å². The average molecular weight is 225 g/mol. The van der Waals surface area contributed by atoms with E-state index in [1.54, 1.807) is 0 Å². The monoisotopic (exact) mass is 225 g/mol. The van der Waals surface area contributed by atoms with Crippen LogP contribution in [-0.2, 0) is 11.8 Å². The Morgan fingerprint density at radius 3 is 2.47 bits per heavy atom. The van der Waals surface area contributed by atoms with Crippen LogP contribution in [0.2, 0.25) is 0 Å². The first kappa shape index (κ1) is 9.66. The highest BCUT2D eigenvalue weighted by Gasteiger charge is 2.37. The van der Waals surface area contributed by atoms with E-state index in [1.807, 2.05) is 11.6 Å². The first-order valence-corrected chi connectivity index (χ1v) is 5.92. The molecule has 15 heavy (non-hydrogen) atoms. The van der Waals surface area contributed by atoms with Gasteiger partial charge in [-0.3, -0.25) is 0 Å². The minimum atomic E-state index is 0.453. The van der Waals surface area contributed by atoms with Gasteiger partial charge in [-0.15, -0.1) is 22.8 Å². The van der Waals surface area contributed by atoms with Crippen molar-refractivity contribution < 1.29 is 4.74 Å². The molecule has 0 spiro atoms. The smallest absolute Gasteiger partial charge is 0.187 e. The van der Waals surface area contributed by atoms with E-state index in [-0.39, 0.29) is 0 Å². The lowest BCUT2D eigenvalue weighted by Gasteiger charge is -2.27. The Bertz CT molecular complexity index is 367. The summed E-state index contributed by atoms with van der Waals surface area (Å²) < 4.78 is 7.80. The zero-order valence-electron chi connectivity index (χ0n) is 8.76. The largest absolute Gasteiger partial charge is 0.375 e. The van der Waals surface area contributed by atoms with Crippen LogP contribution in [0.1, 0.15) is 37.4 Å². The molecule has 0 aliphatic carbocycles. The average Bonchev–Trinajstić information content (AvgIpc) is 2.73. The third kappa shape index (κ3) is 1.58. The summed E-state index contributed by atoms with van der Waals surface area (Å²) in [6, 6.07) is 0. The first-order valence-electron chi connectivity index (χ1n) is 5.47. The summed E-state index contributed by atoms with van der Waals surface area (Å²) in [5, 5.41) is 8.91. The molecule has 0 saturated carbocycles. The first-order chi connectivity index (χ1) is 7.24. The zero-order valence-corrected chi connectivity index (χ0v) is 9.65. The van der Waals surface area contributed by atoms with Crippen molar-refractivity contribution in [1.82, 2.24) is 14.8 Å². The number of nitrogens with zero attached hydrogens (tertiary/aromatic N) is 3. The summed E-state index contributed by atoms with van der Waals surface area (Å²) in [5.41, 5.74) is 0. The summed E-state index contributed by atoms with van der Waals surface area (Å²) in [6.07, 6.45) is 5.52. The third-order valence-corrected chi connectivity index (χ3v) is 3.93. The molecule has 4 nitrogen and oxygen atoms in total. The van der Waals surface area contributed by atoms with Gasteiger partial charge in [-0.05, 0) is 25.7 Å². The van der Waals surface area contributed by atoms with Crippen LogP contribution >= 0.6 is 12.6 Å². The second-order valence-corrected chi connectivity index (χ2v) is 4.94. The molecule has 3 heterocycles. The van der Waals surface area contributed by atoms with Crippen molar-refractivity contribution in [2.24, 2.45) is 7.05 Å². The maximum atomic E-state index is 5.82. The Morgan fingerprint density at radius 2 is 1.93 bits per heavy atom. The van der Waals surface area contributed by atoms with Crippen LogP contribution in [-0.4, -0.2) is 27.0 Å². The van der Waals surface area contributed by atoms with Gasteiger partial charge in [-0.1, -0.05) is 0 Å². The Morgan fingerprint density at radius 1 is 1.27 bits per heavy atom. The summed E-state index contributed by atoms with van der Waals surface area (Å²) in [5.74, 6) is 1.58. The van der Waals surface area contributed by atoms with Crippen molar-refractivity contribution in [2.75, 3.05) is 0 Å². The fraction of sp³-hybridized carbons (Fsp3) is 0.800. The van der Waals surface area contributed by atoms with Crippen molar-refractivity contribution in [3.05, 3.63) is 5.82 Å². The van der Waals surface area contributed by atoms with Gasteiger partial charge in [0.2, 0.25) is 0 Å². The molecule has 2 aliphatic rings. The SMILES string of the molecule is Cn1c(S)nnc1C1CC2CCC(C1)O2. The fourth-order valence-corrected chi connectivity index (χ4v) is 2.90. The van der Waals surface area contributed by atoms with Gasteiger partial charge in [0.15, 0.2) is 5.16 Å². The third-order valence-electron chi connectivity index (χ3n) is 3.54. The van der Waals surface area contributed by atoms with Crippen LogP contribution < -0.4 is 0 Å². The van der Waals surface area contributed by atoms with Gasteiger partial charge in [0.25, 0.3) is 0 Å². The summed E-state index contributed by atoms with van der Waals surface area (Å²) in [7, 11) is 1.98. The van der Waals surface area contributed by atoms with Crippen LogP contribution in [0.25, 0.3) is 0 Å². The molecule has 0 N–H and O–H groups in total. The molecule has 0 aromatic carbocycles. The number of aromatic nitrogens is 3. The van der Waals surface area contributed by atoms with Crippen LogP contribution in [0.15, 0.2) is 5.16 Å². The molecular formula is C10H15N3OS. The molecule has 2 bridgehead atoms. The van der Waals surface area contributed by atoms with E-state index < -0.39 is 0 Å². The van der Waals surface area contributed by atoms with Crippen LogP contribution in [0.4, 0.5) is 0 Å². The van der Waals surface area contributed by atoms with Crippen LogP contribution in [0, 0.1) is 0 Å². The summed E-state index contributed by atoms with van der Waals surface area (Å²) in [4.78, 5) is 0. The normalized spacial score (nSPS) is 34.7. The summed E-state index contributed by atoms with van der Waals surface area (Å²) >= 11 is 4.26. The Balaban J connectivity index is 1.86. The van der Waals surface area contributed by atoms with Gasteiger partial charge in [-0.25, -0.2) is 0 Å². The molecule has 2 saturated heterocycles. The predicted molar refractivity (Wildman–Crippen MR) is 58.1 cm³/mol. The molecule has 2 fully saturated rings. The number of fused-ring (bicyclic) bond motifs is 2. The second kappa shape index (κ2) is 3.49. The van der Waals surface area contributed by atoms with Gasteiger partial charge in [0, 0.05) is 13.0 Å². The molecule has 1 aromatic rings. The van der Waals surface area contributed by atoms with Gasteiger partial charge in [0.05, 0.1) is 12.2 Å². The van der Waals surface area contributed by atoms with E-state index in [1.165, 1.54) is 12.8 Å². The maximum Gasteiger partial charge on any atom is 0.187 e. The minimum Gasteiger partial charge on any atom is -0.375 e. The Hall–Kier alpha value is -0.550. The van der Waals surface area contributed by atoms with E-state index in [9.17, 15) is 0 Å². The van der Waals surface area contributed by atoms with Crippen molar-refractivity contribution >= 4 is 12.6 Å². The molecule has 2 aliphatic heterocycles. The predicted octanol–water partition coefficient (Wildman–Crippen LogP) is 1.53. The van der Waals surface area contributed by atoms with Gasteiger partial charge in [-0.2, -0.15) is 0 Å². The molecule has 1 aromatic heterocycles. The number of ether oxygens (including phenoxy) is 1. The molecule has 3 rings (SSSR count). The van der Waals surface area contributed by atoms with Crippen LogP contribution in [0.5, 0.6) is 0 Å². The summed E-state index contributed by atoms with van der Waals surface area (Å²) in [6.45, 7) is 0. The second-order valence-electron chi connectivity index (χ2n) is 4.54. The van der Waals surface area contributed by atoms with E-state index in [0.29, 0.717) is 23.3 Å². The standard InChI is InChI=1S/C10H15N3OS/c1-13-9(11-12-10(13)15)6-4-7-2-3-8(5-6)14-7/h6-8H,2-5H2,1H3,(H,12,15). The molecule has 0 radical (unpaired) electrons. The quantitative estimate of drug-likeness (QED) is 0.737. The van der Waals surface area contributed by atoms with Gasteiger partial charge in [0.1, 0.15) is 5.82 Å². The van der Waals surface area contributed by atoms with Crippen molar-refractivity contribution in [1.29, 1.82) is 0 Å². The molecule has 2 atom stereocenters. The number of thiol groups is 1. The lowest BCUT2D eigenvalue weighted by atomic mass is 9.95. The topological polar surface area (TPSA) is 39.9 Å². The van der Waals surface area contributed by atoms with Gasteiger partial charge >= 0.3 is 0 Å². The molecule has 0 amide bonds. The Labute approximate surface area is 94.4 Å². The highest BCUT2D eigenvalue weighted by atomic mass is 32.1. The highest BCUT2D eigenvalue weighted by molar-refractivity contribution is 7.80. The lowest BCUT2D eigenvalue weighted by Crippen LogP contribution is -2.25. The van der Waals surface area contributed by atoms with E-state index in [2.05, 4.69) is 22.8 Å². The highest BCUT2D eigenvalue weighted by Crippen LogP contribution is 2.40. The van der Waals surface area contributed by atoms with E-state index in [4.69, 9.17) is 4.74 Å². The fourth-order valence-electron chi connectivity index (χ4n) is 2.76. The molecular weight excluding hydrogens is 210 g/mol. The Kier molecular flexibility index (Phi) is 2.25. The van der Waals surface area contributed by atoms with Crippen molar-refractivity contribution in [3.8, 4) is 0 Å². The molecule has 5 heteroatoms. The molecule has 2 unspecified atom stereocenters. The lowest BCUT2D eigenvalue weighted by molar-refractivity contribution is -0.00554. The van der Waals surface area contributed by atoms with Crippen molar-refractivity contribution in [2.45, 2.75) is 49.0 Å².